The number of morpholine rings is 1. The van der Waals surface area contributed by atoms with Crippen molar-refractivity contribution in [1.29, 1.82) is 5.41 Å². The van der Waals surface area contributed by atoms with Gasteiger partial charge in [-0.1, -0.05) is 18.2 Å². The van der Waals surface area contributed by atoms with Crippen molar-refractivity contribution >= 4 is 17.3 Å². The van der Waals surface area contributed by atoms with E-state index in [1.54, 1.807) is 12.3 Å². The number of hydrogen-bond donors (Lipinski definition) is 3. The SMILES string of the molecule is COc1c(C(=N)/C=C\Nc2ccccc2)nc(N2CCOCC2)nc1C(O)OC. The minimum Gasteiger partial charge on any atom is -0.492 e. The summed E-state index contributed by atoms with van der Waals surface area (Å²) in [5.41, 5.74) is 1.44. The molecule has 2 aromatic rings. The Morgan fingerprint density at radius 3 is 2.62 bits per heavy atom. The van der Waals surface area contributed by atoms with Crippen LogP contribution in [0.1, 0.15) is 17.7 Å². The van der Waals surface area contributed by atoms with Gasteiger partial charge in [-0.25, -0.2) is 9.97 Å². The van der Waals surface area contributed by atoms with Crippen LogP contribution in [0.15, 0.2) is 42.6 Å². The molecule has 1 atom stereocenters. The fourth-order valence-electron chi connectivity index (χ4n) is 2.86. The highest BCUT2D eigenvalue weighted by molar-refractivity contribution is 6.07. The molecule has 9 heteroatoms. The summed E-state index contributed by atoms with van der Waals surface area (Å²) in [6.07, 6.45) is 1.93. The Hall–Kier alpha value is -3.01. The van der Waals surface area contributed by atoms with Gasteiger partial charge in [-0.15, -0.1) is 0 Å². The third-order valence-corrected chi connectivity index (χ3v) is 4.36. The van der Waals surface area contributed by atoms with Crippen LogP contribution in [0, 0.1) is 5.41 Å². The van der Waals surface area contributed by atoms with E-state index in [1.807, 2.05) is 35.2 Å². The zero-order valence-electron chi connectivity index (χ0n) is 16.5. The predicted octanol–water partition coefficient (Wildman–Crippen LogP) is 1.95. The van der Waals surface area contributed by atoms with Gasteiger partial charge in [0.15, 0.2) is 5.75 Å². The number of nitrogens with zero attached hydrogens (tertiary/aromatic N) is 3. The van der Waals surface area contributed by atoms with Crippen LogP contribution >= 0.6 is 0 Å². The smallest absolute Gasteiger partial charge is 0.226 e. The van der Waals surface area contributed by atoms with Gasteiger partial charge >= 0.3 is 0 Å². The molecule has 3 rings (SSSR count). The van der Waals surface area contributed by atoms with Gasteiger partial charge in [-0.2, -0.15) is 0 Å². The monoisotopic (exact) mass is 399 g/mol. The lowest BCUT2D eigenvalue weighted by Gasteiger charge is -2.28. The standard InChI is InChI=1S/C20H25N5O4/c1-27-18-16(15(21)8-9-22-14-6-4-3-5-7-14)23-20(24-17(18)19(26)28-2)25-10-12-29-13-11-25/h3-9,19,21-22,26H,10-13H2,1-2H3/b9-8-,21-15?. The van der Waals surface area contributed by atoms with Gasteiger partial charge in [0.2, 0.25) is 12.2 Å². The molecule has 1 aromatic carbocycles. The van der Waals surface area contributed by atoms with Crippen molar-refractivity contribution in [3.05, 3.63) is 54.0 Å². The number of anilines is 2. The third-order valence-electron chi connectivity index (χ3n) is 4.36. The van der Waals surface area contributed by atoms with Crippen LogP contribution in [0.2, 0.25) is 0 Å². The predicted molar refractivity (Wildman–Crippen MR) is 110 cm³/mol. The second kappa shape index (κ2) is 9.97. The molecular weight excluding hydrogens is 374 g/mol. The molecule has 1 saturated heterocycles. The van der Waals surface area contributed by atoms with Crippen molar-refractivity contribution in [1.82, 2.24) is 9.97 Å². The van der Waals surface area contributed by atoms with Crippen molar-refractivity contribution < 1.29 is 19.3 Å². The number of benzene rings is 1. The molecule has 2 heterocycles. The van der Waals surface area contributed by atoms with Gasteiger partial charge in [-0.05, 0) is 18.2 Å². The highest BCUT2D eigenvalue weighted by atomic mass is 16.6. The minimum atomic E-state index is -1.30. The third kappa shape index (κ3) is 5.08. The number of aromatic nitrogens is 2. The molecule has 0 aliphatic carbocycles. The Bertz CT molecular complexity index is 853. The average molecular weight is 399 g/mol. The van der Waals surface area contributed by atoms with Gasteiger partial charge in [0, 0.05) is 32.1 Å². The molecule has 154 valence electrons. The number of ether oxygens (including phenoxy) is 3. The summed E-state index contributed by atoms with van der Waals surface area (Å²) in [6, 6.07) is 9.61. The molecule has 9 nitrogen and oxygen atoms in total. The van der Waals surface area contributed by atoms with Crippen molar-refractivity contribution in [3.63, 3.8) is 0 Å². The Kier molecular flexibility index (Phi) is 7.12. The first-order chi connectivity index (χ1) is 14.1. The lowest BCUT2D eigenvalue weighted by atomic mass is 10.2. The Labute approximate surface area is 169 Å². The maximum absolute atomic E-state index is 10.3. The molecule has 3 N–H and O–H groups in total. The number of para-hydroxylation sites is 1. The quantitative estimate of drug-likeness (QED) is 0.456. The molecule has 1 unspecified atom stereocenters. The first-order valence-electron chi connectivity index (χ1n) is 9.20. The van der Waals surface area contributed by atoms with E-state index in [9.17, 15) is 5.11 Å². The number of rotatable bonds is 8. The lowest BCUT2D eigenvalue weighted by Crippen LogP contribution is -2.38. The molecule has 1 aliphatic rings. The first-order valence-corrected chi connectivity index (χ1v) is 9.20. The molecule has 0 amide bonds. The zero-order chi connectivity index (χ0) is 20.6. The number of nitrogens with one attached hydrogen (secondary N) is 2. The number of hydrogen-bond acceptors (Lipinski definition) is 9. The van der Waals surface area contributed by atoms with Crippen LogP contribution in [0.5, 0.6) is 5.75 Å². The van der Waals surface area contributed by atoms with E-state index in [1.165, 1.54) is 14.2 Å². The number of methoxy groups -OCH3 is 2. The number of allylic oxidation sites excluding steroid dienone is 1. The summed E-state index contributed by atoms with van der Waals surface area (Å²) < 4.78 is 15.8. The summed E-state index contributed by atoms with van der Waals surface area (Å²) in [7, 11) is 2.82. The average Bonchev–Trinajstić information content (AvgIpc) is 2.78. The largest absolute Gasteiger partial charge is 0.492 e. The van der Waals surface area contributed by atoms with Crippen LogP contribution in [0.3, 0.4) is 0 Å². The molecule has 29 heavy (non-hydrogen) atoms. The van der Waals surface area contributed by atoms with Crippen LogP contribution < -0.4 is 15.0 Å². The maximum Gasteiger partial charge on any atom is 0.226 e. The fraction of sp³-hybridized carbons (Fsp3) is 0.350. The van der Waals surface area contributed by atoms with E-state index < -0.39 is 6.29 Å². The highest BCUT2D eigenvalue weighted by Crippen LogP contribution is 2.30. The van der Waals surface area contributed by atoms with Crippen molar-refractivity contribution in [2.75, 3.05) is 50.7 Å². The summed E-state index contributed by atoms with van der Waals surface area (Å²) in [6.45, 7) is 2.36. The summed E-state index contributed by atoms with van der Waals surface area (Å²) >= 11 is 0. The molecule has 0 bridgehead atoms. The van der Waals surface area contributed by atoms with E-state index >= 15 is 0 Å². The van der Waals surface area contributed by atoms with Crippen molar-refractivity contribution in [2.45, 2.75) is 6.29 Å². The zero-order valence-corrected chi connectivity index (χ0v) is 16.5. The molecule has 0 radical (unpaired) electrons. The molecule has 1 aliphatic heterocycles. The Morgan fingerprint density at radius 1 is 1.24 bits per heavy atom. The maximum atomic E-state index is 10.3. The fourth-order valence-corrected chi connectivity index (χ4v) is 2.86. The Balaban J connectivity index is 1.92. The van der Waals surface area contributed by atoms with Gasteiger partial charge in [0.1, 0.15) is 11.4 Å². The molecule has 0 saturated carbocycles. The van der Waals surface area contributed by atoms with Crippen LogP contribution in [-0.2, 0) is 9.47 Å². The second-order valence-electron chi connectivity index (χ2n) is 6.24. The first kappa shape index (κ1) is 20.7. The van der Waals surface area contributed by atoms with E-state index in [-0.39, 0.29) is 22.8 Å². The van der Waals surface area contributed by atoms with Crippen molar-refractivity contribution in [3.8, 4) is 5.75 Å². The van der Waals surface area contributed by atoms with E-state index in [0.717, 1.165) is 5.69 Å². The van der Waals surface area contributed by atoms with Crippen LogP contribution in [-0.4, -0.2) is 61.3 Å². The van der Waals surface area contributed by atoms with Crippen LogP contribution in [0.25, 0.3) is 0 Å². The van der Waals surface area contributed by atoms with Gasteiger partial charge in [0.05, 0.1) is 26.0 Å². The van der Waals surface area contributed by atoms with E-state index in [4.69, 9.17) is 19.6 Å². The molecule has 1 aromatic heterocycles. The summed E-state index contributed by atoms with van der Waals surface area (Å²) in [5.74, 6) is 0.593. The van der Waals surface area contributed by atoms with Gasteiger partial charge in [-0.3, -0.25) is 5.41 Å². The van der Waals surface area contributed by atoms with Crippen molar-refractivity contribution in [2.24, 2.45) is 0 Å². The molecule has 1 fully saturated rings. The Morgan fingerprint density at radius 2 is 1.97 bits per heavy atom. The topological polar surface area (TPSA) is 113 Å². The number of aliphatic hydroxyl groups is 1. The highest BCUT2D eigenvalue weighted by Gasteiger charge is 2.25. The molecular formula is C20H25N5O4. The molecule has 0 spiro atoms. The summed E-state index contributed by atoms with van der Waals surface area (Å²) in [5, 5.41) is 21.8. The van der Waals surface area contributed by atoms with Gasteiger partial charge < -0.3 is 29.5 Å². The lowest BCUT2D eigenvalue weighted by molar-refractivity contribution is -0.0811. The second-order valence-corrected chi connectivity index (χ2v) is 6.24. The van der Waals surface area contributed by atoms with E-state index in [2.05, 4.69) is 15.3 Å². The van der Waals surface area contributed by atoms with Gasteiger partial charge in [0.25, 0.3) is 0 Å². The summed E-state index contributed by atoms with van der Waals surface area (Å²) in [4.78, 5) is 10.9. The van der Waals surface area contributed by atoms with Crippen LogP contribution in [0.4, 0.5) is 11.6 Å². The number of aliphatic hydroxyl groups excluding tert-OH is 1. The minimum absolute atomic E-state index is 0.103. The van der Waals surface area contributed by atoms with E-state index in [0.29, 0.717) is 32.3 Å². The normalized spacial score (nSPS) is 15.3.